The van der Waals surface area contributed by atoms with Crippen molar-refractivity contribution in [3.05, 3.63) is 24.0 Å². The Labute approximate surface area is 106 Å². The van der Waals surface area contributed by atoms with E-state index in [9.17, 15) is 9.18 Å². The van der Waals surface area contributed by atoms with Crippen molar-refractivity contribution in [1.29, 1.82) is 0 Å². The number of hydrogen-bond donors (Lipinski definition) is 1. The van der Waals surface area contributed by atoms with Gasteiger partial charge in [0.05, 0.1) is 11.4 Å². The first-order valence-electron chi connectivity index (χ1n) is 6.03. The van der Waals surface area contributed by atoms with Gasteiger partial charge in [0.15, 0.2) is 0 Å². The molecule has 4 nitrogen and oxygen atoms in total. The molecule has 2 N–H and O–H groups in total. The van der Waals surface area contributed by atoms with Gasteiger partial charge in [-0.2, -0.15) is 0 Å². The molecule has 0 radical (unpaired) electrons. The average Bonchev–Trinajstić information content (AvgIpc) is 2.80. The number of rotatable bonds is 2. The number of likely N-dealkylation sites (N-methyl/N-ethyl adjacent to an activating group) is 1. The highest BCUT2D eigenvalue weighted by Crippen LogP contribution is 2.31. The van der Waals surface area contributed by atoms with E-state index in [1.807, 2.05) is 4.90 Å². The molecule has 5 heteroatoms. The lowest BCUT2D eigenvalue weighted by atomic mass is 10.1. The number of anilines is 2. The Kier molecular flexibility index (Phi) is 3.41. The van der Waals surface area contributed by atoms with Gasteiger partial charge in [-0.05, 0) is 31.0 Å². The Morgan fingerprint density at radius 1 is 1.50 bits per heavy atom. The number of benzene rings is 1. The molecular formula is C13H18FN3O. The number of carbonyl (C=O) groups excluding carboxylic acids is 1. The van der Waals surface area contributed by atoms with Gasteiger partial charge in [-0.15, -0.1) is 0 Å². The number of carbonyl (C=O) groups is 1. The van der Waals surface area contributed by atoms with Crippen molar-refractivity contribution in [3.8, 4) is 0 Å². The summed E-state index contributed by atoms with van der Waals surface area (Å²) >= 11 is 0. The van der Waals surface area contributed by atoms with Crippen molar-refractivity contribution >= 4 is 17.3 Å². The molecule has 1 aromatic rings. The van der Waals surface area contributed by atoms with Crippen LogP contribution in [0.2, 0.25) is 0 Å². The topological polar surface area (TPSA) is 49.6 Å². The minimum Gasteiger partial charge on any atom is -0.397 e. The monoisotopic (exact) mass is 251 g/mol. The van der Waals surface area contributed by atoms with Crippen molar-refractivity contribution in [1.82, 2.24) is 4.90 Å². The van der Waals surface area contributed by atoms with E-state index < -0.39 is 0 Å². The van der Waals surface area contributed by atoms with Gasteiger partial charge in [0, 0.05) is 20.6 Å². The summed E-state index contributed by atoms with van der Waals surface area (Å²) in [7, 11) is 3.46. The number of halogens is 1. The summed E-state index contributed by atoms with van der Waals surface area (Å²) in [6.07, 6.45) is 1.70. The van der Waals surface area contributed by atoms with Crippen LogP contribution in [0.25, 0.3) is 0 Å². The predicted molar refractivity (Wildman–Crippen MR) is 69.9 cm³/mol. The fourth-order valence-electron chi connectivity index (χ4n) is 2.38. The fourth-order valence-corrected chi connectivity index (χ4v) is 2.38. The van der Waals surface area contributed by atoms with Gasteiger partial charge in [-0.25, -0.2) is 4.39 Å². The van der Waals surface area contributed by atoms with Crippen LogP contribution in [0.1, 0.15) is 12.8 Å². The van der Waals surface area contributed by atoms with Crippen LogP contribution in [0.4, 0.5) is 15.8 Å². The number of nitrogen functional groups attached to an aromatic ring is 1. The van der Waals surface area contributed by atoms with Crippen molar-refractivity contribution in [3.63, 3.8) is 0 Å². The summed E-state index contributed by atoms with van der Waals surface area (Å²) < 4.78 is 13.3. The summed E-state index contributed by atoms with van der Waals surface area (Å²) in [5.41, 5.74) is 7.00. The number of amides is 1. The van der Waals surface area contributed by atoms with E-state index in [1.165, 1.54) is 12.1 Å². The molecule has 2 rings (SSSR count). The Hall–Kier alpha value is -1.78. The maximum Gasteiger partial charge on any atom is 0.244 e. The predicted octanol–water partition coefficient (Wildman–Crippen LogP) is 1.46. The zero-order valence-corrected chi connectivity index (χ0v) is 10.7. The van der Waals surface area contributed by atoms with E-state index in [4.69, 9.17) is 5.73 Å². The molecule has 1 unspecified atom stereocenters. The van der Waals surface area contributed by atoms with Gasteiger partial charge in [0.25, 0.3) is 0 Å². The van der Waals surface area contributed by atoms with Crippen molar-refractivity contribution in [2.24, 2.45) is 0 Å². The van der Waals surface area contributed by atoms with Gasteiger partial charge in [-0.1, -0.05) is 0 Å². The highest BCUT2D eigenvalue weighted by molar-refractivity contribution is 5.87. The van der Waals surface area contributed by atoms with Crippen LogP contribution in [0, 0.1) is 5.82 Å². The minimum atomic E-state index is -0.331. The smallest absolute Gasteiger partial charge is 0.244 e. The van der Waals surface area contributed by atoms with Crippen molar-refractivity contribution in [2.75, 3.05) is 31.3 Å². The average molecular weight is 251 g/mol. The Morgan fingerprint density at radius 2 is 2.22 bits per heavy atom. The number of nitrogens with two attached hydrogens (primary N) is 1. The lowest BCUT2D eigenvalue weighted by Crippen LogP contribution is -2.43. The van der Waals surface area contributed by atoms with Crippen LogP contribution in [0.3, 0.4) is 0 Å². The largest absolute Gasteiger partial charge is 0.397 e. The van der Waals surface area contributed by atoms with Crippen LogP contribution in [-0.4, -0.2) is 37.5 Å². The van der Waals surface area contributed by atoms with Gasteiger partial charge in [-0.3, -0.25) is 4.79 Å². The zero-order chi connectivity index (χ0) is 13.3. The molecule has 0 aliphatic carbocycles. The Balaban J connectivity index is 2.31. The van der Waals surface area contributed by atoms with Gasteiger partial charge < -0.3 is 15.5 Å². The first-order valence-corrected chi connectivity index (χ1v) is 6.03. The molecule has 0 saturated carbocycles. The second-order valence-corrected chi connectivity index (χ2v) is 4.79. The van der Waals surface area contributed by atoms with E-state index in [0.29, 0.717) is 11.4 Å². The van der Waals surface area contributed by atoms with Crippen LogP contribution in [0.15, 0.2) is 18.2 Å². The van der Waals surface area contributed by atoms with E-state index in [2.05, 4.69) is 0 Å². The maximum absolute atomic E-state index is 13.3. The van der Waals surface area contributed by atoms with E-state index in [0.717, 1.165) is 19.4 Å². The summed E-state index contributed by atoms with van der Waals surface area (Å²) in [6.45, 7) is 0.734. The van der Waals surface area contributed by atoms with Crippen molar-refractivity contribution < 1.29 is 9.18 Å². The summed E-state index contributed by atoms with van der Waals surface area (Å²) in [6, 6.07) is 4.04. The number of hydrogen-bond acceptors (Lipinski definition) is 3. The first-order chi connectivity index (χ1) is 8.50. The second kappa shape index (κ2) is 4.84. The Morgan fingerprint density at radius 3 is 2.89 bits per heavy atom. The maximum atomic E-state index is 13.3. The molecule has 1 fully saturated rings. The van der Waals surface area contributed by atoms with Gasteiger partial charge in [0.1, 0.15) is 11.9 Å². The lowest BCUT2D eigenvalue weighted by molar-refractivity contribution is -0.129. The second-order valence-electron chi connectivity index (χ2n) is 4.79. The van der Waals surface area contributed by atoms with Gasteiger partial charge in [0.2, 0.25) is 5.91 Å². The normalized spacial score (nSPS) is 19.1. The summed E-state index contributed by atoms with van der Waals surface area (Å²) in [5.74, 6) is -0.293. The highest BCUT2D eigenvalue weighted by atomic mass is 19.1. The molecule has 18 heavy (non-hydrogen) atoms. The van der Waals surface area contributed by atoms with Crippen LogP contribution in [-0.2, 0) is 4.79 Å². The standard InChI is InChI=1S/C13H18FN3O/c1-16(2)13(18)11-4-3-7-17(11)12-8-9(14)5-6-10(12)15/h5-6,8,11H,3-4,7,15H2,1-2H3. The number of nitrogens with zero attached hydrogens (tertiary/aromatic N) is 2. The SMILES string of the molecule is CN(C)C(=O)C1CCCN1c1cc(F)ccc1N. The van der Waals surface area contributed by atoms with Crippen LogP contribution >= 0.6 is 0 Å². The third kappa shape index (κ3) is 2.25. The molecule has 1 atom stereocenters. The third-order valence-electron chi connectivity index (χ3n) is 3.28. The lowest BCUT2D eigenvalue weighted by Gasteiger charge is -2.29. The van der Waals surface area contributed by atoms with Crippen molar-refractivity contribution in [2.45, 2.75) is 18.9 Å². The zero-order valence-electron chi connectivity index (χ0n) is 10.7. The fraction of sp³-hybridized carbons (Fsp3) is 0.462. The summed E-state index contributed by atoms with van der Waals surface area (Å²) in [4.78, 5) is 15.5. The van der Waals surface area contributed by atoms with Gasteiger partial charge >= 0.3 is 0 Å². The quantitative estimate of drug-likeness (QED) is 0.810. The summed E-state index contributed by atoms with van der Waals surface area (Å²) in [5, 5.41) is 0. The third-order valence-corrected chi connectivity index (χ3v) is 3.28. The molecule has 1 aliphatic heterocycles. The molecule has 1 saturated heterocycles. The molecule has 0 spiro atoms. The highest BCUT2D eigenvalue weighted by Gasteiger charge is 2.32. The molecular weight excluding hydrogens is 233 g/mol. The molecule has 0 aromatic heterocycles. The van der Waals surface area contributed by atoms with E-state index in [1.54, 1.807) is 25.1 Å². The molecule has 1 amide bonds. The Bertz CT molecular complexity index is 462. The minimum absolute atomic E-state index is 0.0381. The van der Waals surface area contributed by atoms with E-state index >= 15 is 0 Å². The molecule has 1 aromatic carbocycles. The van der Waals surface area contributed by atoms with Crippen LogP contribution < -0.4 is 10.6 Å². The van der Waals surface area contributed by atoms with E-state index in [-0.39, 0.29) is 17.8 Å². The molecule has 98 valence electrons. The first kappa shape index (κ1) is 12.7. The van der Waals surface area contributed by atoms with Crippen LogP contribution in [0.5, 0.6) is 0 Å². The molecule has 0 bridgehead atoms. The molecule has 1 aliphatic rings. The molecule has 1 heterocycles.